The van der Waals surface area contributed by atoms with E-state index >= 15 is 0 Å². The molecule has 36 heavy (non-hydrogen) atoms. The fraction of sp³-hybridized carbons (Fsp3) is 0. The molecule has 0 aliphatic heterocycles. The van der Waals surface area contributed by atoms with Crippen LogP contribution in [-0.4, -0.2) is 0 Å². The molecule has 0 spiro atoms. The Bertz CT molecular complexity index is 1570. The van der Waals surface area contributed by atoms with Crippen LogP contribution >= 0.6 is 6.58 Å². The van der Waals surface area contributed by atoms with Crippen molar-refractivity contribution >= 4 is 58.5 Å². The SMILES string of the molecule is O=P(c1ccc(N(c2ccc(-c3ccccc3)cc2)c2ccc(-c3ccccc3)cc2)cc1)=S(=S)=S. The molecule has 0 saturated carbocycles. The largest absolute Gasteiger partial charge is 0.311 e. The summed E-state index contributed by atoms with van der Waals surface area (Å²) in [4.78, 5) is 2.20. The van der Waals surface area contributed by atoms with Crippen molar-refractivity contribution in [3.63, 3.8) is 0 Å². The summed E-state index contributed by atoms with van der Waals surface area (Å²) in [6.07, 6.45) is 0. The fourth-order valence-corrected chi connectivity index (χ4v) is 7.12. The van der Waals surface area contributed by atoms with E-state index in [1.54, 1.807) is 0 Å². The molecule has 5 rings (SSSR count). The second-order valence-electron chi connectivity index (χ2n) is 8.15. The summed E-state index contributed by atoms with van der Waals surface area (Å²) in [7, 11) is -0.980. The molecule has 0 amide bonds. The number of rotatable bonds is 6. The molecule has 176 valence electrons. The van der Waals surface area contributed by atoms with Crippen LogP contribution in [0.3, 0.4) is 0 Å². The van der Waals surface area contributed by atoms with E-state index < -0.39 is 13.8 Å². The Labute approximate surface area is 222 Å². The van der Waals surface area contributed by atoms with Crippen LogP contribution in [0.25, 0.3) is 22.3 Å². The van der Waals surface area contributed by atoms with Crippen molar-refractivity contribution in [1.29, 1.82) is 0 Å². The van der Waals surface area contributed by atoms with E-state index in [4.69, 9.17) is 22.4 Å². The number of hydrogen-bond donors (Lipinski definition) is 0. The summed E-state index contributed by atoms with van der Waals surface area (Å²) < 4.78 is 12.4. The summed E-state index contributed by atoms with van der Waals surface area (Å²) in [6, 6.07) is 45.5. The van der Waals surface area contributed by atoms with Gasteiger partial charge in [0.25, 0.3) is 0 Å². The van der Waals surface area contributed by atoms with Crippen LogP contribution in [0, 0.1) is 0 Å². The molecule has 0 radical (unpaired) electrons. The molecule has 6 heteroatoms. The van der Waals surface area contributed by atoms with Gasteiger partial charge in [-0.25, -0.2) is 0 Å². The van der Waals surface area contributed by atoms with Gasteiger partial charge < -0.3 is 4.90 Å². The highest BCUT2D eigenvalue weighted by Crippen LogP contribution is 2.36. The maximum atomic E-state index is 12.4. The van der Waals surface area contributed by atoms with Crippen molar-refractivity contribution in [1.82, 2.24) is 0 Å². The van der Waals surface area contributed by atoms with Crippen LogP contribution < -0.4 is 10.2 Å². The molecule has 1 atom stereocenters. The van der Waals surface area contributed by atoms with Gasteiger partial charge in [-0.05, 0) is 100 Å². The minimum atomic E-state index is -1.75. The zero-order valence-corrected chi connectivity index (χ0v) is 22.6. The van der Waals surface area contributed by atoms with Crippen LogP contribution in [0.15, 0.2) is 133 Å². The first-order valence-corrected chi connectivity index (χ1v) is 16.3. The molecule has 5 aromatic carbocycles. The van der Waals surface area contributed by atoms with Crippen molar-refractivity contribution in [2.75, 3.05) is 4.90 Å². The average Bonchev–Trinajstić information content (AvgIpc) is 2.95. The summed E-state index contributed by atoms with van der Waals surface area (Å²) in [5, 5.41) is 0.695. The molecular formula is C30H22NOPS3. The molecule has 2 nitrogen and oxygen atoms in total. The zero-order valence-electron chi connectivity index (χ0n) is 19.2. The highest BCUT2D eigenvalue weighted by Gasteiger charge is 2.13. The van der Waals surface area contributed by atoms with Gasteiger partial charge in [-0.1, -0.05) is 84.9 Å². The third-order valence-electron chi connectivity index (χ3n) is 5.92. The van der Waals surface area contributed by atoms with Gasteiger partial charge in [0.05, 0.1) is 0 Å². The lowest BCUT2D eigenvalue weighted by molar-refractivity contribution is 0.602. The number of nitrogens with zero attached hydrogens (tertiary/aromatic N) is 1. The molecule has 5 aromatic rings. The number of hydrogen-bond acceptors (Lipinski definition) is 4. The molecule has 0 saturated heterocycles. The Morgan fingerprint density at radius 2 is 0.806 bits per heavy atom. The Morgan fingerprint density at radius 3 is 1.17 bits per heavy atom. The van der Waals surface area contributed by atoms with Gasteiger partial charge in [-0.15, -0.1) is 0 Å². The van der Waals surface area contributed by atoms with Crippen LogP contribution in [0.5, 0.6) is 0 Å². The minimum Gasteiger partial charge on any atom is -0.311 e. The third-order valence-corrected chi connectivity index (χ3v) is 10.8. The predicted molar refractivity (Wildman–Crippen MR) is 161 cm³/mol. The smallest absolute Gasteiger partial charge is 0.198 e. The second kappa shape index (κ2) is 11.2. The van der Waals surface area contributed by atoms with E-state index in [1.807, 2.05) is 60.7 Å². The van der Waals surface area contributed by atoms with E-state index in [9.17, 15) is 4.57 Å². The molecule has 0 aliphatic carbocycles. The molecular weight excluding hydrogens is 518 g/mol. The van der Waals surface area contributed by atoms with E-state index in [2.05, 4.69) is 77.7 Å². The van der Waals surface area contributed by atoms with Gasteiger partial charge in [-0.2, -0.15) is 0 Å². The van der Waals surface area contributed by atoms with Crippen molar-refractivity contribution in [2.45, 2.75) is 0 Å². The van der Waals surface area contributed by atoms with Crippen LogP contribution in [0.4, 0.5) is 17.1 Å². The van der Waals surface area contributed by atoms with E-state index in [-0.39, 0.29) is 0 Å². The number of benzene rings is 5. The summed E-state index contributed by atoms with van der Waals surface area (Å²) in [6.45, 7) is -1.75. The standard InChI is InChI=1S/C30H22NOPS3/c32-33(36(34)35)30-21-19-29(20-22-30)31(27-15-11-25(12-16-27)23-7-3-1-4-8-23)28-17-13-26(14-18-28)24-9-5-2-6-10-24/h1-22H. The zero-order chi connectivity index (χ0) is 24.9. The van der Waals surface area contributed by atoms with E-state index in [0.29, 0.717) is 5.30 Å². The monoisotopic (exact) mass is 539 g/mol. The van der Waals surface area contributed by atoms with Crippen LogP contribution in [0.2, 0.25) is 0 Å². The molecule has 0 aromatic heterocycles. The quantitative estimate of drug-likeness (QED) is 0.202. The molecule has 0 fully saturated rings. The Balaban J connectivity index is 1.56. The lowest BCUT2D eigenvalue weighted by Crippen LogP contribution is -2.10. The first kappa shape index (κ1) is 24.4. The lowest BCUT2D eigenvalue weighted by Gasteiger charge is -2.26. The van der Waals surface area contributed by atoms with Gasteiger partial charge in [0.2, 0.25) is 0 Å². The highest BCUT2D eigenvalue weighted by atomic mass is 33.2. The average molecular weight is 540 g/mol. The summed E-state index contributed by atoms with van der Waals surface area (Å²) in [5.41, 5.74) is 7.72. The Kier molecular flexibility index (Phi) is 7.55. The maximum absolute atomic E-state index is 12.4. The predicted octanol–water partition coefficient (Wildman–Crippen LogP) is 8.40. The molecule has 0 aliphatic rings. The van der Waals surface area contributed by atoms with Gasteiger partial charge in [0.1, 0.15) is 0 Å². The Morgan fingerprint density at radius 1 is 0.472 bits per heavy atom. The lowest BCUT2D eigenvalue weighted by atomic mass is 10.0. The van der Waals surface area contributed by atoms with E-state index in [0.717, 1.165) is 28.2 Å². The fourth-order valence-electron chi connectivity index (χ4n) is 4.12. The van der Waals surface area contributed by atoms with Gasteiger partial charge in [0, 0.05) is 22.4 Å². The first-order chi connectivity index (χ1) is 17.6. The normalized spacial score (nSPS) is 11.1. The second-order valence-corrected chi connectivity index (χ2v) is 15.8. The Hall–Kier alpha value is -3.34. The molecule has 0 heterocycles. The van der Waals surface area contributed by atoms with Crippen molar-refractivity contribution in [3.8, 4) is 22.3 Å². The third kappa shape index (κ3) is 5.40. The summed E-state index contributed by atoms with van der Waals surface area (Å²) in [5.74, 6) is 0. The highest BCUT2D eigenvalue weighted by molar-refractivity contribution is 8.57. The van der Waals surface area contributed by atoms with Gasteiger partial charge >= 0.3 is 0 Å². The van der Waals surface area contributed by atoms with Crippen LogP contribution in [-0.2, 0) is 34.1 Å². The minimum absolute atomic E-state index is 0.695. The van der Waals surface area contributed by atoms with Crippen molar-refractivity contribution in [2.24, 2.45) is 0 Å². The van der Waals surface area contributed by atoms with Gasteiger partial charge in [0.15, 0.2) is 6.58 Å². The molecule has 0 bridgehead atoms. The van der Waals surface area contributed by atoms with Crippen molar-refractivity contribution < 1.29 is 4.57 Å². The maximum Gasteiger partial charge on any atom is 0.198 e. The number of anilines is 3. The van der Waals surface area contributed by atoms with Gasteiger partial charge in [-0.3, -0.25) is 4.57 Å². The van der Waals surface area contributed by atoms with Crippen LogP contribution in [0.1, 0.15) is 0 Å². The molecule has 0 N–H and O–H groups in total. The molecule has 1 unspecified atom stereocenters. The topological polar surface area (TPSA) is 20.3 Å². The first-order valence-electron chi connectivity index (χ1n) is 11.4. The van der Waals surface area contributed by atoms with Crippen molar-refractivity contribution in [3.05, 3.63) is 133 Å². The summed E-state index contributed by atoms with van der Waals surface area (Å²) >= 11 is 10.1. The van der Waals surface area contributed by atoms with E-state index in [1.165, 1.54) is 11.1 Å².